The maximum atomic E-state index is 2.72. The summed E-state index contributed by atoms with van der Waals surface area (Å²) in [5, 5.41) is 0. The molecule has 0 amide bonds. The van der Waals surface area contributed by atoms with Crippen LogP contribution in [0.2, 0.25) is 0 Å². The van der Waals surface area contributed by atoms with E-state index in [0.717, 1.165) is 17.8 Å². The summed E-state index contributed by atoms with van der Waals surface area (Å²) in [5.41, 5.74) is 0. The maximum absolute atomic E-state index is 2.72. The molecular formula is C17H31PPd. The minimum absolute atomic E-state index is 0. The van der Waals surface area contributed by atoms with E-state index in [1.807, 2.05) is 0 Å². The quantitative estimate of drug-likeness (QED) is 0.414. The van der Waals surface area contributed by atoms with E-state index in [1.54, 1.807) is 0 Å². The Morgan fingerprint density at radius 3 is 1.74 bits per heavy atom. The van der Waals surface area contributed by atoms with Crippen molar-refractivity contribution in [3.05, 3.63) is 11.9 Å². The van der Waals surface area contributed by atoms with Crippen molar-refractivity contribution in [3.63, 3.8) is 0 Å². The molecule has 2 aliphatic rings. The molecule has 2 rings (SSSR count). The molecule has 0 nitrogen and oxygen atoms in total. The van der Waals surface area contributed by atoms with Gasteiger partial charge < -0.3 is 0 Å². The minimum Gasteiger partial charge on any atom is -0.114 e. The van der Waals surface area contributed by atoms with E-state index < -0.39 is 0 Å². The predicted molar refractivity (Wildman–Crippen MR) is 84.7 cm³/mol. The van der Waals surface area contributed by atoms with Crippen LogP contribution in [-0.4, -0.2) is 0 Å². The Hall–Kier alpha value is 0.832. The Balaban J connectivity index is 0.00000180. The molecule has 2 saturated carbocycles. The molecule has 0 aromatic rings. The fourth-order valence-corrected chi connectivity index (χ4v) is 4.56. The molecule has 0 aliphatic heterocycles. The summed E-state index contributed by atoms with van der Waals surface area (Å²) in [7, 11) is 2.72. The summed E-state index contributed by atoms with van der Waals surface area (Å²) in [6.07, 6.45) is 20.3. The fraction of sp³-hybridized carbons (Fsp3) is 0.882. The summed E-state index contributed by atoms with van der Waals surface area (Å²) in [6, 6.07) is 0. The number of hydrogen-bond acceptors (Lipinski definition) is 0. The number of rotatable bonds is 5. The first-order chi connectivity index (χ1) is 8.92. The average molecular weight is 373 g/mol. The smallest absolute Gasteiger partial charge is 0 e. The van der Waals surface area contributed by atoms with Gasteiger partial charge in [-0.1, -0.05) is 76.1 Å². The van der Waals surface area contributed by atoms with Gasteiger partial charge in [0.2, 0.25) is 0 Å². The third-order valence-electron chi connectivity index (χ3n) is 5.31. The van der Waals surface area contributed by atoms with Gasteiger partial charge in [-0.05, 0) is 30.6 Å². The first-order valence-electron chi connectivity index (χ1n) is 8.28. The molecule has 0 radical (unpaired) electrons. The van der Waals surface area contributed by atoms with E-state index in [0.29, 0.717) is 0 Å². The van der Waals surface area contributed by atoms with Gasteiger partial charge in [-0.3, -0.25) is 0 Å². The second kappa shape index (κ2) is 10.5. The van der Waals surface area contributed by atoms with Crippen LogP contribution in [0.25, 0.3) is 0 Å². The molecule has 1 unspecified atom stereocenters. The Labute approximate surface area is 136 Å². The zero-order valence-electron chi connectivity index (χ0n) is 12.3. The van der Waals surface area contributed by atoms with Crippen LogP contribution in [-0.2, 0) is 20.4 Å². The van der Waals surface area contributed by atoms with E-state index in [2.05, 4.69) is 21.1 Å². The zero-order valence-corrected chi connectivity index (χ0v) is 15.0. The summed E-state index contributed by atoms with van der Waals surface area (Å²) in [4.78, 5) is 0. The van der Waals surface area contributed by atoms with Gasteiger partial charge in [0.05, 0.1) is 0 Å². The number of allylic oxidation sites excluding steroid dienone is 1. The molecule has 0 aromatic heterocycles. The van der Waals surface area contributed by atoms with Crippen molar-refractivity contribution in [2.24, 2.45) is 17.8 Å². The molecule has 0 N–H and O–H groups in total. The van der Waals surface area contributed by atoms with Crippen LogP contribution in [0.1, 0.15) is 77.0 Å². The predicted octanol–water partition coefficient (Wildman–Crippen LogP) is 5.93. The van der Waals surface area contributed by atoms with Gasteiger partial charge in [0, 0.05) is 20.4 Å². The molecule has 1 atom stereocenters. The van der Waals surface area contributed by atoms with E-state index in [-0.39, 0.29) is 20.4 Å². The first-order valence-corrected chi connectivity index (χ1v) is 8.95. The van der Waals surface area contributed by atoms with Crippen molar-refractivity contribution < 1.29 is 20.4 Å². The molecule has 2 fully saturated rings. The average Bonchev–Trinajstić information content (AvgIpc) is 2.46. The molecule has 0 aromatic carbocycles. The molecule has 0 bridgehead atoms. The van der Waals surface area contributed by atoms with Crippen molar-refractivity contribution in [1.29, 1.82) is 0 Å². The Bertz CT molecular complexity index is 222. The van der Waals surface area contributed by atoms with Crippen molar-refractivity contribution in [2.45, 2.75) is 77.0 Å². The summed E-state index contributed by atoms with van der Waals surface area (Å²) < 4.78 is 0. The third-order valence-corrected chi connectivity index (χ3v) is 5.59. The van der Waals surface area contributed by atoms with Crippen LogP contribution >= 0.6 is 9.24 Å². The molecular weight excluding hydrogens is 342 g/mol. The standard InChI is InChI=1S/C17H31P.Pd/c18-14-8-7-13-17(15-9-3-1-4-10-15)16-11-5-2-6-12-16;/h8,14-17H,1-7,9-13,18H2;. The van der Waals surface area contributed by atoms with Crippen molar-refractivity contribution >= 4 is 9.24 Å². The Morgan fingerprint density at radius 1 is 0.842 bits per heavy atom. The molecule has 2 heteroatoms. The van der Waals surface area contributed by atoms with Crippen molar-refractivity contribution in [3.8, 4) is 0 Å². The van der Waals surface area contributed by atoms with E-state index in [9.17, 15) is 0 Å². The molecule has 19 heavy (non-hydrogen) atoms. The van der Waals surface area contributed by atoms with Gasteiger partial charge in [-0.25, -0.2) is 0 Å². The zero-order chi connectivity index (χ0) is 12.6. The minimum atomic E-state index is 0. The van der Waals surface area contributed by atoms with Crippen LogP contribution in [0.3, 0.4) is 0 Å². The van der Waals surface area contributed by atoms with E-state index in [1.165, 1.54) is 77.0 Å². The maximum Gasteiger partial charge on any atom is 0 e. The third kappa shape index (κ3) is 6.00. The van der Waals surface area contributed by atoms with Crippen LogP contribution in [0.4, 0.5) is 0 Å². The second-order valence-corrected chi connectivity index (χ2v) is 6.85. The van der Waals surface area contributed by atoms with E-state index in [4.69, 9.17) is 0 Å². The fourth-order valence-electron chi connectivity index (χ4n) is 4.37. The molecule has 114 valence electrons. The van der Waals surface area contributed by atoms with Crippen LogP contribution in [0.15, 0.2) is 11.9 Å². The molecule has 0 heterocycles. The molecule has 2 aliphatic carbocycles. The SMILES string of the molecule is PC=CCCC(C1CCCCC1)C1CCCCC1.[Pd]. The Morgan fingerprint density at radius 2 is 1.32 bits per heavy atom. The second-order valence-electron chi connectivity index (χ2n) is 6.47. The van der Waals surface area contributed by atoms with Crippen molar-refractivity contribution in [2.75, 3.05) is 0 Å². The summed E-state index contributed by atoms with van der Waals surface area (Å²) >= 11 is 0. The first kappa shape index (κ1) is 17.9. The van der Waals surface area contributed by atoms with Gasteiger partial charge in [-0.15, -0.1) is 9.24 Å². The van der Waals surface area contributed by atoms with E-state index >= 15 is 0 Å². The van der Waals surface area contributed by atoms with Gasteiger partial charge in [0.25, 0.3) is 0 Å². The number of hydrogen-bond donors (Lipinski definition) is 0. The van der Waals surface area contributed by atoms with Gasteiger partial charge in [0.1, 0.15) is 0 Å². The normalized spacial score (nSPS) is 22.8. The van der Waals surface area contributed by atoms with Crippen LogP contribution in [0, 0.1) is 17.8 Å². The van der Waals surface area contributed by atoms with Crippen LogP contribution in [0.5, 0.6) is 0 Å². The Kier molecular flexibility index (Phi) is 9.92. The van der Waals surface area contributed by atoms with Crippen LogP contribution < -0.4 is 0 Å². The molecule has 0 spiro atoms. The monoisotopic (exact) mass is 372 g/mol. The largest absolute Gasteiger partial charge is 0.114 e. The van der Waals surface area contributed by atoms with Gasteiger partial charge in [-0.2, -0.15) is 0 Å². The topological polar surface area (TPSA) is 0 Å². The van der Waals surface area contributed by atoms with Gasteiger partial charge in [0.15, 0.2) is 0 Å². The van der Waals surface area contributed by atoms with Crippen molar-refractivity contribution in [1.82, 2.24) is 0 Å². The van der Waals surface area contributed by atoms with Gasteiger partial charge >= 0.3 is 0 Å². The molecule has 0 saturated heterocycles. The summed E-state index contributed by atoms with van der Waals surface area (Å²) in [6.45, 7) is 0. The summed E-state index contributed by atoms with van der Waals surface area (Å²) in [5.74, 6) is 5.34.